The van der Waals surface area contributed by atoms with E-state index in [0.29, 0.717) is 5.75 Å². The van der Waals surface area contributed by atoms with Crippen molar-refractivity contribution in [1.82, 2.24) is 0 Å². The predicted octanol–water partition coefficient (Wildman–Crippen LogP) is 4.67. The van der Waals surface area contributed by atoms with E-state index in [1.807, 2.05) is 18.2 Å². The molecule has 0 atom stereocenters. The number of aryl methyl sites for hydroxylation is 1. The maximum absolute atomic E-state index is 10.5. The van der Waals surface area contributed by atoms with Gasteiger partial charge in [0, 0.05) is 5.56 Å². The molecule has 2 rings (SSSR count). The highest BCUT2D eigenvalue weighted by Gasteiger charge is 2.08. The van der Waals surface area contributed by atoms with Crippen molar-refractivity contribution in [3.8, 4) is 16.9 Å². The number of allylic oxidation sites excluding steroid dienone is 1. The van der Waals surface area contributed by atoms with Gasteiger partial charge in [-0.15, -0.1) is 0 Å². The van der Waals surface area contributed by atoms with E-state index in [2.05, 4.69) is 31.2 Å². The lowest BCUT2D eigenvalue weighted by atomic mass is 9.99. The van der Waals surface area contributed by atoms with Crippen molar-refractivity contribution in [2.24, 2.45) is 0 Å². The topological polar surface area (TPSA) is 46.5 Å². The first-order chi connectivity index (χ1) is 12.3. The van der Waals surface area contributed by atoms with Gasteiger partial charge in [-0.05, 0) is 41.7 Å². The highest BCUT2D eigenvalue weighted by atomic mass is 16.5. The Balaban J connectivity index is 2.23. The number of aldehydes is 1. The summed E-state index contributed by atoms with van der Waals surface area (Å²) in [5, 5.41) is 9.05. The van der Waals surface area contributed by atoms with Crippen LogP contribution < -0.4 is 4.74 Å². The molecular formula is C22H26O3. The fourth-order valence-corrected chi connectivity index (χ4v) is 2.74. The zero-order valence-electron chi connectivity index (χ0n) is 14.8. The third kappa shape index (κ3) is 5.87. The minimum Gasteiger partial charge on any atom is -0.491 e. The Morgan fingerprint density at radius 2 is 1.88 bits per heavy atom. The average molecular weight is 338 g/mol. The zero-order chi connectivity index (χ0) is 17.9. The van der Waals surface area contributed by atoms with Crippen LogP contribution in [0.2, 0.25) is 0 Å². The summed E-state index contributed by atoms with van der Waals surface area (Å²) in [6.45, 7) is 2.41. The van der Waals surface area contributed by atoms with E-state index in [1.54, 1.807) is 6.08 Å². The largest absolute Gasteiger partial charge is 0.491 e. The minimum atomic E-state index is -0.0375. The molecule has 0 aliphatic heterocycles. The van der Waals surface area contributed by atoms with Crippen LogP contribution in [0.1, 0.15) is 37.3 Å². The van der Waals surface area contributed by atoms with Gasteiger partial charge in [-0.2, -0.15) is 0 Å². The van der Waals surface area contributed by atoms with Gasteiger partial charge in [0.15, 0.2) is 0 Å². The van der Waals surface area contributed by atoms with Crippen LogP contribution in [-0.2, 0) is 11.2 Å². The van der Waals surface area contributed by atoms with Crippen LogP contribution in [0.15, 0.2) is 48.5 Å². The summed E-state index contributed by atoms with van der Waals surface area (Å²) < 4.78 is 5.70. The van der Waals surface area contributed by atoms with Gasteiger partial charge < -0.3 is 9.84 Å². The third-order valence-electron chi connectivity index (χ3n) is 4.06. The average Bonchev–Trinajstić information content (AvgIpc) is 2.65. The minimum absolute atomic E-state index is 0.0375. The van der Waals surface area contributed by atoms with Gasteiger partial charge in [0.05, 0.1) is 6.61 Å². The number of ether oxygens (including phenoxy) is 1. The lowest BCUT2D eigenvalue weighted by Gasteiger charge is -2.12. The number of rotatable bonds is 10. The molecule has 0 amide bonds. The third-order valence-corrected chi connectivity index (χ3v) is 4.06. The van der Waals surface area contributed by atoms with E-state index in [0.717, 1.165) is 29.4 Å². The SMILES string of the molecule is CCCCCc1ccc(-c2ccc(/C=C/C=O)cc2OCCO)cc1. The number of carbonyl (C=O) groups is 1. The standard InChI is InChI=1S/C22H26O3/c1-2-3-4-6-18-8-11-20(12-9-18)21-13-10-19(7-5-14-23)17-22(21)25-16-15-24/h5,7-14,17,24H,2-4,6,15-16H2,1H3/b7-5+. The summed E-state index contributed by atoms with van der Waals surface area (Å²) in [5.74, 6) is 0.709. The molecule has 0 heterocycles. The Labute approximate surface area is 150 Å². The molecule has 0 aromatic heterocycles. The first-order valence-electron chi connectivity index (χ1n) is 8.87. The number of benzene rings is 2. The van der Waals surface area contributed by atoms with Gasteiger partial charge in [-0.25, -0.2) is 0 Å². The lowest BCUT2D eigenvalue weighted by Crippen LogP contribution is -2.03. The predicted molar refractivity (Wildman–Crippen MR) is 103 cm³/mol. The van der Waals surface area contributed by atoms with Gasteiger partial charge in [-0.1, -0.05) is 62.2 Å². The van der Waals surface area contributed by atoms with Crippen molar-refractivity contribution < 1.29 is 14.6 Å². The van der Waals surface area contributed by atoms with Crippen LogP contribution in [0, 0.1) is 0 Å². The second-order valence-corrected chi connectivity index (χ2v) is 5.98. The molecule has 0 aliphatic carbocycles. The Morgan fingerprint density at radius 3 is 2.56 bits per heavy atom. The van der Waals surface area contributed by atoms with Gasteiger partial charge in [0.1, 0.15) is 18.6 Å². The van der Waals surface area contributed by atoms with Crippen molar-refractivity contribution >= 4 is 12.4 Å². The van der Waals surface area contributed by atoms with Gasteiger partial charge in [0.2, 0.25) is 0 Å². The first kappa shape index (κ1) is 18.9. The smallest absolute Gasteiger partial charge is 0.142 e. The molecule has 0 spiro atoms. The monoisotopic (exact) mass is 338 g/mol. The second-order valence-electron chi connectivity index (χ2n) is 5.98. The normalized spacial score (nSPS) is 11.0. The van der Waals surface area contributed by atoms with E-state index >= 15 is 0 Å². The lowest BCUT2D eigenvalue weighted by molar-refractivity contribution is -0.104. The fraction of sp³-hybridized carbons (Fsp3) is 0.318. The number of carbonyl (C=O) groups excluding carboxylic acids is 1. The summed E-state index contributed by atoms with van der Waals surface area (Å²) in [4.78, 5) is 10.5. The molecule has 0 saturated heterocycles. The van der Waals surface area contributed by atoms with Crippen molar-refractivity contribution in [2.45, 2.75) is 32.6 Å². The quantitative estimate of drug-likeness (QED) is 0.389. The molecule has 0 radical (unpaired) electrons. The summed E-state index contributed by atoms with van der Waals surface area (Å²) in [7, 11) is 0. The number of hydrogen-bond acceptors (Lipinski definition) is 3. The summed E-state index contributed by atoms with van der Waals surface area (Å²) in [5.41, 5.74) is 4.30. The maximum Gasteiger partial charge on any atom is 0.142 e. The molecule has 25 heavy (non-hydrogen) atoms. The molecule has 0 unspecified atom stereocenters. The second kappa shape index (κ2) is 10.5. The van der Waals surface area contributed by atoms with Gasteiger partial charge in [-0.3, -0.25) is 4.79 Å². The summed E-state index contributed by atoms with van der Waals surface area (Å²) in [6.07, 6.45) is 8.76. The molecule has 2 aromatic carbocycles. The van der Waals surface area contributed by atoms with Crippen LogP contribution >= 0.6 is 0 Å². The molecular weight excluding hydrogens is 312 g/mol. The maximum atomic E-state index is 10.5. The van der Waals surface area contributed by atoms with Crippen molar-refractivity contribution in [3.63, 3.8) is 0 Å². The van der Waals surface area contributed by atoms with E-state index in [9.17, 15) is 4.79 Å². The Morgan fingerprint density at radius 1 is 1.08 bits per heavy atom. The van der Waals surface area contributed by atoms with Crippen LogP contribution in [0.5, 0.6) is 5.75 Å². The molecule has 132 valence electrons. The summed E-state index contributed by atoms with van der Waals surface area (Å²) in [6, 6.07) is 14.4. The molecule has 0 fully saturated rings. The van der Waals surface area contributed by atoms with E-state index in [-0.39, 0.29) is 13.2 Å². The van der Waals surface area contributed by atoms with E-state index in [1.165, 1.54) is 30.9 Å². The van der Waals surface area contributed by atoms with Gasteiger partial charge >= 0.3 is 0 Å². The highest BCUT2D eigenvalue weighted by Crippen LogP contribution is 2.32. The first-order valence-corrected chi connectivity index (χ1v) is 8.87. The number of aliphatic hydroxyl groups is 1. The molecule has 0 bridgehead atoms. The van der Waals surface area contributed by atoms with E-state index in [4.69, 9.17) is 9.84 Å². The summed E-state index contributed by atoms with van der Waals surface area (Å²) >= 11 is 0. The number of unbranched alkanes of at least 4 members (excludes halogenated alkanes) is 2. The fourth-order valence-electron chi connectivity index (χ4n) is 2.74. The Bertz CT molecular complexity index is 687. The molecule has 0 aliphatic rings. The number of aliphatic hydroxyl groups excluding tert-OH is 1. The van der Waals surface area contributed by atoms with Crippen LogP contribution in [-0.4, -0.2) is 24.6 Å². The van der Waals surface area contributed by atoms with Crippen LogP contribution in [0.3, 0.4) is 0 Å². The van der Waals surface area contributed by atoms with Crippen molar-refractivity contribution in [2.75, 3.05) is 13.2 Å². The highest BCUT2D eigenvalue weighted by molar-refractivity contribution is 5.77. The molecule has 0 saturated carbocycles. The Hall–Kier alpha value is -2.39. The molecule has 1 N–H and O–H groups in total. The van der Waals surface area contributed by atoms with Crippen molar-refractivity contribution in [1.29, 1.82) is 0 Å². The molecule has 3 heteroatoms. The zero-order valence-corrected chi connectivity index (χ0v) is 14.8. The molecule has 3 nitrogen and oxygen atoms in total. The van der Waals surface area contributed by atoms with Crippen LogP contribution in [0.4, 0.5) is 0 Å². The number of hydrogen-bond donors (Lipinski definition) is 1. The Kier molecular flexibility index (Phi) is 7.93. The molecule has 2 aromatic rings. The van der Waals surface area contributed by atoms with Crippen LogP contribution in [0.25, 0.3) is 17.2 Å². The van der Waals surface area contributed by atoms with Gasteiger partial charge in [0.25, 0.3) is 0 Å². The van der Waals surface area contributed by atoms with E-state index < -0.39 is 0 Å². The van der Waals surface area contributed by atoms with Crippen molar-refractivity contribution in [3.05, 3.63) is 59.7 Å².